The Balaban J connectivity index is 1.65. The van der Waals surface area contributed by atoms with Gasteiger partial charge in [-0.2, -0.15) is 8.42 Å². The molecule has 2 heterocycles. The highest BCUT2D eigenvalue weighted by Crippen LogP contribution is 2.38. The predicted octanol–water partition coefficient (Wildman–Crippen LogP) is 1.41. The zero-order chi connectivity index (χ0) is 22.8. The minimum absolute atomic E-state index is 0.0474. The van der Waals surface area contributed by atoms with Crippen molar-refractivity contribution in [2.75, 3.05) is 26.2 Å². The summed E-state index contributed by atoms with van der Waals surface area (Å²) in [5, 5.41) is 0.136. The van der Waals surface area contributed by atoms with E-state index in [0.29, 0.717) is 32.0 Å². The fraction of sp³-hybridized carbons (Fsp3) is 0.650. The van der Waals surface area contributed by atoms with Crippen LogP contribution in [0.2, 0.25) is 5.15 Å². The summed E-state index contributed by atoms with van der Waals surface area (Å²) in [5.41, 5.74) is 3.88. The third kappa shape index (κ3) is 5.36. The number of aromatic nitrogens is 1. The third-order valence-corrected chi connectivity index (χ3v) is 7.79. The zero-order valence-corrected chi connectivity index (χ0v) is 19.4. The maximum atomic E-state index is 13.0. The lowest BCUT2D eigenvalue weighted by atomic mass is 9.78. The minimum atomic E-state index is -4.28. The first-order valence-electron chi connectivity index (χ1n) is 10.4. The average Bonchev–Trinajstić information content (AvgIpc) is 2.73. The molecule has 9 nitrogen and oxygen atoms in total. The third-order valence-electron chi connectivity index (χ3n) is 6.21. The molecule has 1 aromatic rings. The lowest BCUT2D eigenvalue weighted by molar-refractivity contribution is -0.145. The topological polar surface area (TPSA) is 123 Å². The van der Waals surface area contributed by atoms with Crippen molar-refractivity contribution in [2.24, 2.45) is 11.7 Å². The summed E-state index contributed by atoms with van der Waals surface area (Å²) in [7, 11) is -4.28. The minimum Gasteiger partial charge on any atom is -0.367 e. The summed E-state index contributed by atoms with van der Waals surface area (Å²) < 4.78 is 30.7. The van der Waals surface area contributed by atoms with E-state index in [2.05, 4.69) is 23.7 Å². The van der Waals surface area contributed by atoms with Gasteiger partial charge in [0.15, 0.2) is 5.60 Å². The van der Waals surface area contributed by atoms with Crippen LogP contribution in [0.1, 0.15) is 39.5 Å². The summed E-state index contributed by atoms with van der Waals surface area (Å²) in [6, 6.07) is 3.02. The lowest BCUT2D eigenvalue weighted by Crippen LogP contribution is -2.54. The van der Waals surface area contributed by atoms with Crippen molar-refractivity contribution in [1.82, 2.24) is 14.8 Å². The van der Waals surface area contributed by atoms with Crippen LogP contribution in [0, 0.1) is 5.92 Å². The number of hydrogen-bond donors (Lipinski definition) is 1. The van der Waals surface area contributed by atoms with Gasteiger partial charge in [0.2, 0.25) is 5.91 Å². The molecule has 0 aromatic carbocycles. The molecule has 2 amide bonds. The first-order chi connectivity index (χ1) is 14.5. The van der Waals surface area contributed by atoms with Crippen LogP contribution in [0.25, 0.3) is 0 Å². The SMILES string of the molecule is CC(C)N1CCN(C(=O)C2CCC(OS(=O)(=O)c3ccc(Cl)nc3)(C(N)=O)CC2)CC1. The van der Waals surface area contributed by atoms with E-state index in [0.717, 1.165) is 19.3 Å². The van der Waals surface area contributed by atoms with Gasteiger partial charge in [-0.05, 0) is 51.7 Å². The van der Waals surface area contributed by atoms with E-state index in [1.165, 1.54) is 12.1 Å². The maximum Gasteiger partial charge on any atom is 0.299 e. The highest BCUT2D eigenvalue weighted by molar-refractivity contribution is 7.86. The van der Waals surface area contributed by atoms with Gasteiger partial charge in [-0.1, -0.05) is 11.6 Å². The highest BCUT2D eigenvalue weighted by atomic mass is 35.5. The van der Waals surface area contributed by atoms with E-state index in [1.54, 1.807) is 0 Å². The number of piperazine rings is 1. The highest BCUT2D eigenvalue weighted by Gasteiger charge is 2.47. The monoisotopic (exact) mass is 472 g/mol. The van der Waals surface area contributed by atoms with Crippen molar-refractivity contribution in [3.8, 4) is 0 Å². The van der Waals surface area contributed by atoms with Crippen molar-refractivity contribution in [1.29, 1.82) is 0 Å². The Hall–Kier alpha value is -1.75. The summed E-state index contributed by atoms with van der Waals surface area (Å²) in [6.07, 6.45) is 1.86. The molecule has 0 bridgehead atoms. The van der Waals surface area contributed by atoms with Crippen molar-refractivity contribution in [3.63, 3.8) is 0 Å². The molecule has 11 heteroatoms. The van der Waals surface area contributed by atoms with Gasteiger partial charge in [0.05, 0.1) is 0 Å². The van der Waals surface area contributed by atoms with Gasteiger partial charge in [0.1, 0.15) is 10.0 Å². The van der Waals surface area contributed by atoms with Crippen LogP contribution >= 0.6 is 11.6 Å². The van der Waals surface area contributed by atoms with E-state index in [-0.39, 0.29) is 34.7 Å². The molecule has 0 atom stereocenters. The second-order valence-corrected chi connectivity index (χ2v) is 10.4. The van der Waals surface area contributed by atoms with E-state index in [1.807, 2.05) is 4.90 Å². The molecule has 2 aliphatic rings. The Morgan fingerprint density at radius 1 is 1.19 bits per heavy atom. The second-order valence-electron chi connectivity index (χ2n) is 8.44. The fourth-order valence-corrected chi connectivity index (χ4v) is 5.48. The molecule has 0 unspecified atom stereocenters. The van der Waals surface area contributed by atoms with E-state index in [9.17, 15) is 18.0 Å². The van der Waals surface area contributed by atoms with Gasteiger partial charge < -0.3 is 10.6 Å². The summed E-state index contributed by atoms with van der Waals surface area (Å²) in [4.78, 5) is 32.9. The first-order valence-corrected chi connectivity index (χ1v) is 12.2. The number of halogens is 1. The fourth-order valence-electron chi connectivity index (χ4n) is 4.19. The molecule has 1 aromatic heterocycles. The van der Waals surface area contributed by atoms with Gasteiger partial charge >= 0.3 is 0 Å². The Bertz CT molecular complexity index is 906. The molecular formula is C20H29ClN4O5S. The molecule has 1 saturated heterocycles. The molecule has 172 valence electrons. The van der Waals surface area contributed by atoms with Crippen molar-refractivity contribution in [3.05, 3.63) is 23.5 Å². The Labute approximate surface area is 188 Å². The smallest absolute Gasteiger partial charge is 0.299 e. The molecular weight excluding hydrogens is 444 g/mol. The zero-order valence-electron chi connectivity index (χ0n) is 17.8. The number of rotatable bonds is 6. The number of hydrogen-bond acceptors (Lipinski definition) is 7. The number of primary amides is 1. The van der Waals surface area contributed by atoms with Crippen LogP contribution in [0.4, 0.5) is 0 Å². The Kier molecular flexibility index (Phi) is 7.25. The van der Waals surface area contributed by atoms with Gasteiger partial charge in [0.25, 0.3) is 16.0 Å². The van der Waals surface area contributed by atoms with Crippen LogP contribution < -0.4 is 5.73 Å². The van der Waals surface area contributed by atoms with Crippen LogP contribution in [0.5, 0.6) is 0 Å². The molecule has 3 rings (SSSR count). The van der Waals surface area contributed by atoms with Crippen LogP contribution in [-0.4, -0.2) is 72.8 Å². The van der Waals surface area contributed by atoms with E-state index >= 15 is 0 Å². The standard InChI is InChI=1S/C20H29ClN4O5S/c1-14(2)24-9-11-25(12-10-24)18(26)15-5-7-20(8-6-15,19(22)27)30-31(28,29)16-3-4-17(21)23-13-16/h3-4,13-15H,5-12H2,1-2H3,(H2,22,27). The number of amides is 2. The number of carbonyl (C=O) groups is 2. The molecule has 1 saturated carbocycles. The predicted molar refractivity (Wildman–Crippen MR) is 115 cm³/mol. The summed E-state index contributed by atoms with van der Waals surface area (Å²) in [5.74, 6) is -1.08. The molecule has 31 heavy (non-hydrogen) atoms. The second kappa shape index (κ2) is 9.40. The summed E-state index contributed by atoms with van der Waals surface area (Å²) >= 11 is 5.71. The van der Waals surface area contributed by atoms with Crippen molar-refractivity contribution in [2.45, 2.75) is 56.1 Å². The van der Waals surface area contributed by atoms with Gasteiger partial charge in [-0.15, -0.1) is 0 Å². The van der Waals surface area contributed by atoms with Crippen molar-refractivity contribution < 1.29 is 22.2 Å². The largest absolute Gasteiger partial charge is 0.367 e. The summed E-state index contributed by atoms with van der Waals surface area (Å²) in [6.45, 7) is 7.27. The van der Waals surface area contributed by atoms with E-state index in [4.69, 9.17) is 21.5 Å². The number of nitrogens with zero attached hydrogens (tertiary/aromatic N) is 3. The number of nitrogens with two attached hydrogens (primary N) is 1. The van der Waals surface area contributed by atoms with Crippen LogP contribution in [0.3, 0.4) is 0 Å². The average molecular weight is 473 g/mol. The van der Waals surface area contributed by atoms with Gasteiger partial charge in [-0.3, -0.25) is 14.5 Å². The molecule has 0 spiro atoms. The maximum absolute atomic E-state index is 13.0. The number of carbonyl (C=O) groups excluding carboxylic acids is 2. The van der Waals surface area contributed by atoms with Gasteiger partial charge in [0, 0.05) is 44.3 Å². The molecule has 1 aliphatic carbocycles. The molecule has 0 radical (unpaired) electrons. The lowest BCUT2D eigenvalue weighted by Gasteiger charge is -2.41. The van der Waals surface area contributed by atoms with Crippen LogP contribution in [-0.2, 0) is 23.9 Å². The number of pyridine rings is 1. The molecule has 2 fully saturated rings. The quantitative estimate of drug-likeness (QED) is 0.490. The Morgan fingerprint density at radius 2 is 1.81 bits per heavy atom. The van der Waals surface area contributed by atoms with Crippen LogP contribution in [0.15, 0.2) is 23.2 Å². The van der Waals surface area contributed by atoms with Crippen molar-refractivity contribution >= 4 is 33.5 Å². The normalized spacial score (nSPS) is 25.5. The Morgan fingerprint density at radius 3 is 2.29 bits per heavy atom. The first kappa shape index (κ1) is 23.9. The van der Waals surface area contributed by atoms with E-state index < -0.39 is 21.6 Å². The molecule has 2 N–H and O–H groups in total. The molecule has 1 aliphatic heterocycles. The van der Waals surface area contributed by atoms with Gasteiger partial charge in [-0.25, -0.2) is 9.17 Å².